The van der Waals surface area contributed by atoms with E-state index in [4.69, 9.17) is 4.74 Å². The molecule has 0 bridgehead atoms. The van der Waals surface area contributed by atoms with Gasteiger partial charge in [0.05, 0.1) is 19.4 Å². The van der Waals surface area contributed by atoms with Crippen LogP contribution in [0.15, 0.2) is 54.6 Å². The van der Waals surface area contributed by atoms with Gasteiger partial charge in [-0.2, -0.15) is 4.31 Å². The number of likely N-dealkylation sites (tertiary alicyclic amines) is 1. The van der Waals surface area contributed by atoms with Crippen molar-refractivity contribution in [1.29, 1.82) is 0 Å². The summed E-state index contributed by atoms with van der Waals surface area (Å²) in [6.07, 6.45) is 1.33. The first-order valence-corrected chi connectivity index (χ1v) is 11.2. The molecule has 27 heavy (non-hydrogen) atoms. The summed E-state index contributed by atoms with van der Waals surface area (Å²) in [6.45, 7) is 3.31. The molecule has 4 rings (SSSR count). The number of sulfonamides is 1. The Bertz CT molecular complexity index is 901. The highest BCUT2D eigenvalue weighted by molar-refractivity contribution is 7.88. The summed E-state index contributed by atoms with van der Waals surface area (Å²) >= 11 is 0. The van der Waals surface area contributed by atoms with Crippen LogP contribution in [-0.2, 0) is 16.6 Å². The highest BCUT2D eigenvalue weighted by Gasteiger charge is 2.50. The van der Waals surface area contributed by atoms with E-state index in [-0.39, 0.29) is 6.04 Å². The van der Waals surface area contributed by atoms with Crippen LogP contribution in [0.3, 0.4) is 0 Å². The molecule has 2 heterocycles. The Morgan fingerprint density at radius 1 is 1.04 bits per heavy atom. The lowest BCUT2D eigenvalue weighted by molar-refractivity contribution is 0.260. The maximum Gasteiger partial charge on any atom is 0.211 e. The summed E-state index contributed by atoms with van der Waals surface area (Å²) < 4.78 is 31.8. The predicted octanol–water partition coefficient (Wildman–Crippen LogP) is 2.76. The van der Waals surface area contributed by atoms with Gasteiger partial charge in [0.25, 0.3) is 0 Å². The van der Waals surface area contributed by atoms with E-state index in [1.165, 1.54) is 11.8 Å². The second kappa shape index (κ2) is 7.26. The molecule has 0 spiro atoms. The van der Waals surface area contributed by atoms with Gasteiger partial charge in [-0.25, -0.2) is 8.42 Å². The zero-order valence-corrected chi connectivity index (χ0v) is 16.6. The average molecular weight is 387 g/mol. The largest absolute Gasteiger partial charge is 0.497 e. The first-order chi connectivity index (χ1) is 13.0. The van der Waals surface area contributed by atoms with Crippen molar-refractivity contribution < 1.29 is 13.2 Å². The standard InChI is InChI=1S/C21H26N2O3S/c1-26-19-10-6-7-16(11-19)12-22-13-18-14-23(27(2,24)25)21(20(18)15-22)17-8-4-3-5-9-17/h3-11,18,20-21H,12-15H2,1-2H3/t18-,20-,21+/m1/s1. The third-order valence-electron chi connectivity index (χ3n) is 5.80. The molecule has 2 fully saturated rings. The molecule has 3 atom stereocenters. The van der Waals surface area contributed by atoms with E-state index in [1.54, 1.807) is 11.4 Å². The lowest BCUT2D eigenvalue weighted by atomic mass is 9.90. The first kappa shape index (κ1) is 18.5. The van der Waals surface area contributed by atoms with Crippen molar-refractivity contribution in [3.63, 3.8) is 0 Å². The normalized spacial score (nSPS) is 26.2. The number of rotatable bonds is 5. The van der Waals surface area contributed by atoms with Crippen molar-refractivity contribution in [2.24, 2.45) is 11.8 Å². The molecule has 5 nitrogen and oxygen atoms in total. The van der Waals surface area contributed by atoms with Gasteiger partial charge in [0.1, 0.15) is 5.75 Å². The monoisotopic (exact) mass is 386 g/mol. The van der Waals surface area contributed by atoms with E-state index >= 15 is 0 Å². The second-order valence-electron chi connectivity index (χ2n) is 7.66. The van der Waals surface area contributed by atoms with Crippen molar-refractivity contribution in [3.8, 4) is 5.75 Å². The van der Waals surface area contributed by atoms with Crippen molar-refractivity contribution >= 4 is 10.0 Å². The van der Waals surface area contributed by atoms with Crippen molar-refractivity contribution in [3.05, 3.63) is 65.7 Å². The Kier molecular flexibility index (Phi) is 4.97. The first-order valence-electron chi connectivity index (χ1n) is 9.33. The van der Waals surface area contributed by atoms with Gasteiger partial charge in [-0.1, -0.05) is 42.5 Å². The molecule has 2 saturated heterocycles. The zero-order chi connectivity index (χ0) is 19.0. The minimum Gasteiger partial charge on any atom is -0.497 e. The lowest BCUT2D eigenvalue weighted by Gasteiger charge is -2.28. The molecule has 144 valence electrons. The van der Waals surface area contributed by atoms with Crippen molar-refractivity contribution in [2.45, 2.75) is 12.6 Å². The topological polar surface area (TPSA) is 49.9 Å². The summed E-state index contributed by atoms with van der Waals surface area (Å²) in [7, 11) is -1.54. The highest BCUT2D eigenvalue weighted by Crippen LogP contribution is 2.46. The molecule has 0 radical (unpaired) electrons. The molecule has 0 saturated carbocycles. The van der Waals surface area contributed by atoms with Gasteiger partial charge < -0.3 is 4.74 Å². The van der Waals surface area contributed by atoms with Gasteiger partial charge in [-0.05, 0) is 35.1 Å². The fraction of sp³-hybridized carbons (Fsp3) is 0.429. The van der Waals surface area contributed by atoms with Gasteiger partial charge in [0.2, 0.25) is 10.0 Å². The molecule has 6 heteroatoms. The highest BCUT2D eigenvalue weighted by atomic mass is 32.2. The molecule has 0 N–H and O–H groups in total. The number of nitrogens with zero attached hydrogens (tertiary/aromatic N) is 2. The smallest absolute Gasteiger partial charge is 0.211 e. The summed E-state index contributed by atoms with van der Waals surface area (Å²) in [4.78, 5) is 2.44. The average Bonchev–Trinajstić information content (AvgIpc) is 3.19. The molecule has 2 aromatic rings. The van der Waals surface area contributed by atoms with E-state index in [1.807, 2.05) is 30.3 Å². The zero-order valence-electron chi connectivity index (χ0n) is 15.8. The molecule has 0 unspecified atom stereocenters. The number of fused-ring (bicyclic) bond motifs is 1. The number of hydrogen-bond donors (Lipinski definition) is 0. The van der Waals surface area contributed by atoms with E-state index in [2.05, 4.69) is 29.2 Å². The fourth-order valence-corrected chi connectivity index (χ4v) is 5.81. The molecule has 2 aromatic carbocycles. The molecular weight excluding hydrogens is 360 g/mol. The predicted molar refractivity (Wildman–Crippen MR) is 106 cm³/mol. The minimum atomic E-state index is -3.23. The number of ether oxygens (including phenoxy) is 1. The Morgan fingerprint density at radius 2 is 1.81 bits per heavy atom. The van der Waals surface area contributed by atoms with Gasteiger partial charge in [0, 0.05) is 26.2 Å². The Balaban J connectivity index is 1.55. The third-order valence-corrected chi connectivity index (χ3v) is 7.03. The van der Waals surface area contributed by atoms with Crippen LogP contribution in [0.25, 0.3) is 0 Å². The maximum absolute atomic E-state index is 12.4. The van der Waals surface area contributed by atoms with Crippen LogP contribution in [0.5, 0.6) is 5.75 Å². The minimum absolute atomic E-state index is 0.0680. The van der Waals surface area contributed by atoms with Crippen molar-refractivity contribution in [2.75, 3.05) is 33.0 Å². The van der Waals surface area contributed by atoms with Gasteiger partial charge >= 0.3 is 0 Å². The molecule has 0 amide bonds. The summed E-state index contributed by atoms with van der Waals surface area (Å²) in [6, 6.07) is 18.2. The van der Waals surface area contributed by atoms with E-state index in [0.29, 0.717) is 18.4 Å². The van der Waals surface area contributed by atoms with Crippen LogP contribution in [-0.4, -0.2) is 50.6 Å². The van der Waals surface area contributed by atoms with Crippen LogP contribution >= 0.6 is 0 Å². The third kappa shape index (κ3) is 3.74. The summed E-state index contributed by atoms with van der Waals surface area (Å²) in [5, 5.41) is 0. The molecule has 0 aliphatic carbocycles. The summed E-state index contributed by atoms with van der Waals surface area (Å²) in [5.41, 5.74) is 2.32. The van der Waals surface area contributed by atoms with E-state index in [9.17, 15) is 8.42 Å². The lowest BCUT2D eigenvalue weighted by Crippen LogP contribution is -2.34. The Labute approximate surface area is 161 Å². The van der Waals surface area contributed by atoms with Crippen LogP contribution in [0.1, 0.15) is 17.2 Å². The van der Waals surface area contributed by atoms with E-state index < -0.39 is 10.0 Å². The molecule has 0 aromatic heterocycles. The summed E-state index contributed by atoms with van der Waals surface area (Å²) in [5.74, 6) is 1.57. The van der Waals surface area contributed by atoms with Gasteiger partial charge in [-0.3, -0.25) is 4.90 Å². The van der Waals surface area contributed by atoms with E-state index in [0.717, 1.165) is 30.9 Å². The quantitative estimate of drug-likeness (QED) is 0.793. The van der Waals surface area contributed by atoms with Crippen LogP contribution in [0.2, 0.25) is 0 Å². The van der Waals surface area contributed by atoms with Crippen molar-refractivity contribution in [1.82, 2.24) is 9.21 Å². The number of benzene rings is 2. The Morgan fingerprint density at radius 3 is 2.52 bits per heavy atom. The second-order valence-corrected chi connectivity index (χ2v) is 9.59. The van der Waals surface area contributed by atoms with Gasteiger partial charge in [-0.15, -0.1) is 0 Å². The Hall–Kier alpha value is -1.89. The van der Waals surface area contributed by atoms with Gasteiger partial charge in [0.15, 0.2) is 0 Å². The molecule has 2 aliphatic heterocycles. The maximum atomic E-state index is 12.4. The molecular formula is C21H26N2O3S. The fourth-order valence-electron chi connectivity index (χ4n) is 4.66. The molecule has 2 aliphatic rings. The SMILES string of the molecule is COc1cccc(CN2C[C@@H]3CN(S(C)(=O)=O)[C@@H](c4ccccc4)[C@@H]3C2)c1. The number of hydrogen-bond acceptors (Lipinski definition) is 4. The number of methoxy groups -OCH3 is 1. The van der Waals surface area contributed by atoms with Crippen LogP contribution in [0, 0.1) is 11.8 Å². The van der Waals surface area contributed by atoms with Crippen LogP contribution in [0.4, 0.5) is 0 Å². The van der Waals surface area contributed by atoms with Crippen LogP contribution < -0.4 is 4.74 Å².